The molecule has 0 N–H and O–H groups in total. The van der Waals surface area contributed by atoms with E-state index in [-0.39, 0.29) is 0 Å². The predicted molar refractivity (Wildman–Crippen MR) is 257 cm³/mol. The van der Waals surface area contributed by atoms with Crippen LogP contribution >= 0.6 is 0 Å². The fraction of sp³-hybridized carbons (Fsp3) is 0. The average molecular weight is 779 g/mol. The van der Waals surface area contributed by atoms with Gasteiger partial charge in [0.1, 0.15) is 11.2 Å². The summed E-state index contributed by atoms with van der Waals surface area (Å²) in [6.07, 6.45) is 0. The van der Waals surface area contributed by atoms with Crippen molar-refractivity contribution in [3.8, 4) is 39.1 Å². The van der Waals surface area contributed by atoms with Crippen LogP contribution in [-0.4, -0.2) is 4.57 Å². The second-order valence-electron chi connectivity index (χ2n) is 15.6. The highest BCUT2D eigenvalue weighted by Gasteiger charge is 2.21. The van der Waals surface area contributed by atoms with E-state index in [0.29, 0.717) is 0 Å². The summed E-state index contributed by atoms with van der Waals surface area (Å²) in [6.45, 7) is 0. The first kappa shape index (κ1) is 34.9. The van der Waals surface area contributed by atoms with Gasteiger partial charge in [0.15, 0.2) is 0 Å². The monoisotopic (exact) mass is 778 g/mol. The van der Waals surface area contributed by atoms with Gasteiger partial charge in [0.25, 0.3) is 0 Å². The maximum Gasteiger partial charge on any atom is 0.136 e. The first-order chi connectivity index (χ1) is 30.3. The zero-order valence-corrected chi connectivity index (χ0v) is 33.2. The molecule has 12 aromatic rings. The number of nitrogens with zero attached hydrogens (tertiary/aromatic N) is 2. The molecule has 0 saturated carbocycles. The van der Waals surface area contributed by atoms with E-state index in [2.05, 4.69) is 228 Å². The largest absolute Gasteiger partial charge is 0.456 e. The maximum absolute atomic E-state index is 6.27. The maximum atomic E-state index is 6.27. The number of furan rings is 1. The molecule has 0 amide bonds. The molecule has 0 spiro atoms. The molecule has 0 bridgehead atoms. The van der Waals surface area contributed by atoms with Crippen LogP contribution < -0.4 is 4.90 Å². The Labute approximate surface area is 353 Å². The van der Waals surface area contributed by atoms with Gasteiger partial charge in [0.05, 0.1) is 22.4 Å². The number of fused-ring (bicyclic) bond motifs is 7. The summed E-state index contributed by atoms with van der Waals surface area (Å²) < 4.78 is 8.70. The van der Waals surface area contributed by atoms with Crippen LogP contribution in [0.3, 0.4) is 0 Å². The second-order valence-corrected chi connectivity index (χ2v) is 15.6. The molecule has 10 aromatic carbocycles. The molecule has 0 unspecified atom stereocenters. The average Bonchev–Trinajstić information content (AvgIpc) is 3.89. The van der Waals surface area contributed by atoms with Crippen LogP contribution in [0, 0.1) is 0 Å². The molecule has 61 heavy (non-hydrogen) atoms. The molecule has 0 aliphatic carbocycles. The van der Waals surface area contributed by atoms with Crippen LogP contribution in [0.2, 0.25) is 0 Å². The Hall–Kier alpha value is -8.14. The first-order valence-electron chi connectivity index (χ1n) is 20.8. The van der Waals surface area contributed by atoms with Crippen molar-refractivity contribution >= 4 is 71.6 Å². The molecule has 0 radical (unpaired) electrons. The number of anilines is 3. The molecule has 286 valence electrons. The molecule has 2 heterocycles. The summed E-state index contributed by atoms with van der Waals surface area (Å²) in [5.41, 5.74) is 15.7. The lowest BCUT2D eigenvalue weighted by molar-refractivity contribution is 0.669. The van der Waals surface area contributed by atoms with Gasteiger partial charge in [-0.2, -0.15) is 0 Å². The minimum Gasteiger partial charge on any atom is -0.456 e. The second kappa shape index (κ2) is 14.3. The third-order valence-electron chi connectivity index (χ3n) is 12.2. The van der Waals surface area contributed by atoms with Gasteiger partial charge in [-0.15, -0.1) is 0 Å². The van der Waals surface area contributed by atoms with Gasteiger partial charge in [-0.05, 0) is 93.9 Å². The predicted octanol–water partition coefficient (Wildman–Crippen LogP) is 16.3. The first-order valence-corrected chi connectivity index (χ1v) is 20.8. The molecule has 3 heteroatoms. The number of hydrogen-bond donors (Lipinski definition) is 0. The van der Waals surface area contributed by atoms with Crippen molar-refractivity contribution in [2.45, 2.75) is 0 Å². The molecule has 12 rings (SSSR count). The molecular weight excluding hydrogens is 741 g/mol. The number of para-hydroxylation sites is 4. The number of benzene rings is 10. The third kappa shape index (κ3) is 5.74. The summed E-state index contributed by atoms with van der Waals surface area (Å²) in [6, 6.07) is 82.9. The molecule has 3 nitrogen and oxygen atoms in total. The minimum atomic E-state index is 0.897. The summed E-state index contributed by atoms with van der Waals surface area (Å²) in [5.74, 6) is 0. The fourth-order valence-electron chi connectivity index (χ4n) is 9.46. The van der Waals surface area contributed by atoms with E-state index < -0.39 is 0 Å². The van der Waals surface area contributed by atoms with Gasteiger partial charge in [-0.3, -0.25) is 0 Å². The third-order valence-corrected chi connectivity index (χ3v) is 12.2. The van der Waals surface area contributed by atoms with Crippen molar-refractivity contribution < 1.29 is 4.42 Å². The molecule has 0 fully saturated rings. The van der Waals surface area contributed by atoms with Crippen LogP contribution in [0.1, 0.15) is 0 Å². The number of rotatable bonds is 7. The zero-order chi connectivity index (χ0) is 40.3. The topological polar surface area (TPSA) is 21.3 Å². The zero-order valence-electron chi connectivity index (χ0n) is 33.2. The normalized spacial score (nSPS) is 11.6. The van der Waals surface area contributed by atoms with Gasteiger partial charge in [-0.25, -0.2) is 0 Å². The Morgan fingerprint density at radius 3 is 1.56 bits per heavy atom. The van der Waals surface area contributed by atoms with E-state index >= 15 is 0 Å². The van der Waals surface area contributed by atoms with Gasteiger partial charge >= 0.3 is 0 Å². The minimum absolute atomic E-state index is 0.897. The molecule has 0 aliphatic rings. The van der Waals surface area contributed by atoms with Crippen LogP contribution in [-0.2, 0) is 0 Å². The van der Waals surface area contributed by atoms with Gasteiger partial charge < -0.3 is 13.9 Å². The van der Waals surface area contributed by atoms with Gasteiger partial charge in [0.2, 0.25) is 0 Å². The van der Waals surface area contributed by atoms with E-state index in [0.717, 1.165) is 55.8 Å². The van der Waals surface area contributed by atoms with E-state index in [1.807, 2.05) is 12.1 Å². The van der Waals surface area contributed by atoms with Crippen molar-refractivity contribution in [2.75, 3.05) is 4.90 Å². The smallest absolute Gasteiger partial charge is 0.136 e. The molecule has 0 atom stereocenters. The molecule has 0 saturated heterocycles. The highest BCUT2D eigenvalue weighted by atomic mass is 16.3. The Bertz CT molecular complexity index is 3520. The van der Waals surface area contributed by atoms with Crippen molar-refractivity contribution in [3.63, 3.8) is 0 Å². The lowest BCUT2D eigenvalue weighted by atomic mass is 9.94. The van der Waals surface area contributed by atoms with E-state index in [9.17, 15) is 0 Å². The molecular formula is C58H38N2O. The van der Waals surface area contributed by atoms with Crippen molar-refractivity contribution in [1.82, 2.24) is 4.57 Å². The molecule has 0 aliphatic heterocycles. The fourth-order valence-corrected chi connectivity index (χ4v) is 9.46. The lowest BCUT2D eigenvalue weighted by Crippen LogP contribution is -2.10. The lowest BCUT2D eigenvalue weighted by Gasteiger charge is -2.28. The van der Waals surface area contributed by atoms with E-state index in [1.165, 1.54) is 54.8 Å². The summed E-state index contributed by atoms with van der Waals surface area (Å²) in [5, 5.41) is 7.13. The van der Waals surface area contributed by atoms with Crippen LogP contribution in [0.5, 0.6) is 0 Å². The SMILES string of the molecule is c1ccc(-c2ccc(N(c3ccc(-c4cccc5oc6ccccc6c45)cc3)c3ccc(-c4ccccc4-n4c5ccccc5c5ccccc54)c4ccccc34)cc2)cc1. The van der Waals surface area contributed by atoms with Crippen LogP contribution in [0.4, 0.5) is 17.1 Å². The molecule has 2 aromatic heterocycles. The Morgan fingerprint density at radius 2 is 0.836 bits per heavy atom. The van der Waals surface area contributed by atoms with Crippen molar-refractivity contribution in [2.24, 2.45) is 0 Å². The van der Waals surface area contributed by atoms with Crippen LogP contribution in [0.15, 0.2) is 235 Å². The quantitative estimate of drug-likeness (QED) is 0.161. The summed E-state index contributed by atoms with van der Waals surface area (Å²) >= 11 is 0. The summed E-state index contributed by atoms with van der Waals surface area (Å²) in [4.78, 5) is 2.40. The number of hydrogen-bond acceptors (Lipinski definition) is 2. The Morgan fingerprint density at radius 1 is 0.311 bits per heavy atom. The van der Waals surface area contributed by atoms with Crippen LogP contribution in [0.25, 0.3) is 93.6 Å². The van der Waals surface area contributed by atoms with Gasteiger partial charge in [-0.1, -0.05) is 170 Å². The highest BCUT2D eigenvalue weighted by molar-refractivity contribution is 6.13. The van der Waals surface area contributed by atoms with E-state index in [1.54, 1.807) is 0 Å². The summed E-state index contributed by atoms with van der Waals surface area (Å²) in [7, 11) is 0. The van der Waals surface area contributed by atoms with Crippen molar-refractivity contribution in [3.05, 3.63) is 231 Å². The highest BCUT2D eigenvalue weighted by Crippen LogP contribution is 2.45. The standard InChI is InChI=1S/C58H38N2O/c1-2-15-39(16-3-1)40-29-33-42(34-30-40)59(43-35-31-41(32-36-43)44-23-14-28-57-58(44)51-22-9-13-27-56(51)61-57)55-38-37-46(45-17-4-5-18-47(45)55)48-19-6-10-24-52(48)60-53-25-11-7-20-49(53)50-21-8-12-26-54(50)60/h1-38H. The Balaban J connectivity index is 1.03. The van der Waals surface area contributed by atoms with E-state index in [4.69, 9.17) is 4.42 Å². The Kier molecular flexibility index (Phi) is 8.17. The van der Waals surface area contributed by atoms with Gasteiger partial charge in [0, 0.05) is 43.9 Å². The van der Waals surface area contributed by atoms with Crippen molar-refractivity contribution in [1.29, 1.82) is 0 Å². The number of aromatic nitrogens is 1.